The van der Waals surface area contributed by atoms with Crippen molar-refractivity contribution < 1.29 is 23.4 Å². The van der Waals surface area contributed by atoms with E-state index in [1.54, 1.807) is 32.6 Å². The van der Waals surface area contributed by atoms with Gasteiger partial charge in [0, 0.05) is 24.6 Å². The lowest BCUT2D eigenvalue weighted by molar-refractivity contribution is 0.252. The quantitative estimate of drug-likeness (QED) is 0.342. The number of ether oxygens (including phenoxy) is 3. The maximum absolute atomic E-state index is 12.2. The summed E-state index contributed by atoms with van der Waals surface area (Å²) >= 11 is 0. The number of carbonyl (C=O) groups is 1. The van der Waals surface area contributed by atoms with Crippen molar-refractivity contribution in [3.8, 4) is 34.6 Å². The molecule has 35 heavy (non-hydrogen) atoms. The van der Waals surface area contributed by atoms with Crippen molar-refractivity contribution in [1.82, 2.24) is 15.3 Å². The Bertz CT molecular complexity index is 1270. The molecule has 0 saturated carbocycles. The molecule has 0 radical (unpaired) electrons. The summed E-state index contributed by atoms with van der Waals surface area (Å²) in [5, 5.41) is 5.54. The monoisotopic (exact) mass is 474 g/mol. The van der Waals surface area contributed by atoms with Crippen LogP contribution in [0.5, 0.6) is 23.1 Å². The van der Waals surface area contributed by atoms with Gasteiger partial charge in [-0.3, -0.25) is 0 Å². The fourth-order valence-electron chi connectivity index (χ4n) is 3.25. The first kappa shape index (κ1) is 23.6. The molecule has 0 unspecified atom stereocenters. The second-order valence-corrected chi connectivity index (χ2v) is 7.64. The summed E-state index contributed by atoms with van der Waals surface area (Å²) in [7, 11) is 3.20. The highest BCUT2D eigenvalue weighted by Crippen LogP contribution is 2.31. The zero-order valence-electron chi connectivity index (χ0n) is 19.7. The van der Waals surface area contributed by atoms with Crippen LogP contribution in [0.3, 0.4) is 0 Å². The van der Waals surface area contributed by atoms with Gasteiger partial charge >= 0.3 is 6.03 Å². The fourth-order valence-corrected chi connectivity index (χ4v) is 3.25. The van der Waals surface area contributed by atoms with Gasteiger partial charge in [0.1, 0.15) is 12.0 Å². The van der Waals surface area contributed by atoms with Crippen LogP contribution in [0.25, 0.3) is 11.5 Å². The average molecular weight is 475 g/mol. The lowest BCUT2D eigenvalue weighted by Gasteiger charge is -2.11. The van der Waals surface area contributed by atoms with Crippen molar-refractivity contribution in [2.24, 2.45) is 0 Å². The summed E-state index contributed by atoms with van der Waals surface area (Å²) in [6.45, 7) is 2.36. The molecule has 0 bridgehead atoms. The minimum Gasteiger partial charge on any atom is -0.497 e. The van der Waals surface area contributed by atoms with E-state index in [2.05, 4.69) is 20.6 Å². The molecule has 2 N–H and O–H groups in total. The van der Waals surface area contributed by atoms with Crippen LogP contribution in [-0.4, -0.2) is 36.8 Å². The average Bonchev–Trinajstić information content (AvgIpc) is 3.35. The first-order valence-electron chi connectivity index (χ1n) is 11.0. The van der Waals surface area contributed by atoms with E-state index in [1.165, 1.54) is 6.20 Å². The van der Waals surface area contributed by atoms with Crippen LogP contribution in [-0.2, 0) is 6.42 Å². The van der Waals surface area contributed by atoms with Crippen LogP contribution in [0.15, 0.2) is 71.5 Å². The molecule has 0 aliphatic heterocycles. The molecule has 4 rings (SSSR count). The van der Waals surface area contributed by atoms with Gasteiger partial charge < -0.3 is 29.3 Å². The number of benzene rings is 2. The molecule has 180 valence electrons. The Morgan fingerprint density at radius 1 is 1.00 bits per heavy atom. The Hall–Kier alpha value is -4.53. The van der Waals surface area contributed by atoms with Gasteiger partial charge in [0.25, 0.3) is 0 Å². The van der Waals surface area contributed by atoms with E-state index in [4.69, 9.17) is 18.6 Å². The third kappa shape index (κ3) is 6.29. The molecule has 9 nitrogen and oxygen atoms in total. The van der Waals surface area contributed by atoms with Gasteiger partial charge in [0.2, 0.25) is 11.8 Å². The molecule has 0 atom stereocenters. The Kier molecular flexibility index (Phi) is 7.47. The summed E-state index contributed by atoms with van der Waals surface area (Å²) in [6.07, 6.45) is 3.63. The Morgan fingerprint density at radius 2 is 1.83 bits per heavy atom. The number of hydrogen-bond acceptors (Lipinski definition) is 7. The third-order valence-corrected chi connectivity index (χ3v) is 5.08. The number of carbonyl (C=O) groups excluding carboxylic acids is 1. The van der Waals surface area contributed by atoms with Crippen molar-refractivity contribution in [3.63, 3.8) is 0 Å². The Morgan fingerprint density at radius 3 is 2.54 bits per heavy atom. The molecule has 0 spiro atoms. The van der Waals surface area contributed by atoms with Gasteiger partial charge in [-0.15, -0.1) is 0 Å². The number of anilines is 1. The minimum absolute atomic E-state index is 0.348. The van der Waals surface area contributed by atoms with E-state index >= 15 is 0 Å². The number of amides is 2. The third-order valence-electron chi connectivity index (χ3n) is 5.08. The molecule has 2 heterocycles. The van der Waals surface area contributed by atoms with Gasteiger partial charge in [-0.25, -0.2) is 14.8 Å². The summed E-state index contributed by atoms with van der Waals surface area (Å²) < 4.78 is 21.8. The van der Waals surface area contributed by atoms with E-state index in [-0.39, 0.29) is 6.03 Å². The zero-order valence-corrected chi connectivity index (χ0v) is 19.7. The smallest absolute Gasteiger partial charge is 0.319 e. The maximum Gasteiger partial charge on any atom is 0.319 e. The number of hydrogen-bond donors (Lipinski definition) is 2. The predicted molar refractivity (Wildman–Crippen MR) is 131 cm³/mol. The number of urea groups is 1. The van der Waals surface area contributed by atoms with E-state index in [0.29, 0.717) is 41.9 Å². The Balaban J connectivity index is 1.24. The van der Waals surface area contributed by atoms with Gasteiger partial charge in [-0.1, -0.05) is 6.07 Å². The number of aryl methyl sites for hydroxylation is 1. The lowest BCUT2D eigenvalue weighted by atomic mass is 10.2. The number of methoxy groups -OCH3 is 2. The largest absolute Gasteiger partial charge is 0.497 e. The van der Waals surface area contributed by atoms with Crippen LogP contribution in [0.2, 0.25) is 0 Å². The number of oxazole rings is 1. The molecular formula is C26H26N4O5. The minimum atomic E-state index is -0.348. The molecule has 0 fully saturated rings. The lowest BCUT2D eigenvalue weighted by Crippen LogP contribution is -2.30. The van der Waals surface area contributed by atoms with Crippen molar-refractivity contribution in [2.75, 3.05) is 26.1 Å². The molecular weight excluding hydrogens is 448 g/mol. The van der Waals surface area contributed by atoms with E-state index in [0.717, 1.165) is 22.6 Å². The molecule has 2 amide bonds. The predicted octanol–water partition coefficient (Wildman–Crippen LogP) is 5.22. The number of aromatic nitrogens is 2. The van der Waals surface area contributed by atoms with Crippen LogP contribution >= 0.6 is 0 Å². The van der Waals surface area contributed by atoms with E-state index in [1.807, 2.05) is 49.4 Å². The van der Waals surface area contributed by atoms with Gasteiger partial charge in [0.05, 0.1) is 31.8 Å². The summed E-state index contributed by atoms with van der Waals surface area (Å²) in [6, 6.07) is 16.1. The molecule has 0 aliphatic rings. The maximum atomic E-state index is 12.2. The normalized spacial score (nSPS) is 10.5. The molecule has 2 aromatic carbocycles. The van der Waals surface area contributed by atoms with Crippen LogP contribution in [0.4, 0.5) is 10.5 Å². The van der Waals surface area contributed by atoms with E-state index in [9.17, 15) is 4.79 Å². The number of nitrogens with one attached hydrogen (secondary N) is 2. The highest BCUT2D eigenvalue weighted by molar-refractivity contribution is 5.89. The standard InChI is InChI=1S/C26H26N4O5/c1-17-4-10-22(23(14-17)33-3)35-24-11-7-19(15-28-24)30-26(31)27-13-12-20-16-34-25(29-20)18-5-8-21(32-2)9-6-18/h4-11,14-16H,12-13H2,1-3H3,(H2,27,30,31). The second kappa shape index (κ2) is 11.1. The summed E-state index contributed by atoms with van der Waals surface area (Å²) in [5.41, 5.74) is 3.19. The number of pyridine rings is 1. The highest BCUT2D eigenvalue weighted by atomic mass is 16.5. The zero-order chi connectivity index (χ0) is 24.6. The summed E-state index contributed by atoms with van der Waals surface area (Å²) in [5.74, 6) is 2.85. The number of rotatable bonds is 9. The van der Waals surface area contributed by atoms with Gasteiger partial charge in [0.15, 0.2) is 11.5 Å². The van der Waals surface area contributed by atoms with Crippen LogP contribution < -0.4 is 24.8 Å². The Labute approximate surface area is 203 Å². The van der Waals surface area contributed by atoms with Crippen molar-refractivity contribution in [3.05, 3.63) is 78.3 Å². The van der Waals surface area contributed by atoms with Crippen molar-refractivity contribution in [2.45, 2.75) is 13.3 Å². The fraction of sp³-hybridized carbons (Fsp3) is 0.192. The first-order valence-corrected chi connectivity index (χ1v) is 11.0. The van der Waals surface area contributed by atoms with Crippen LogP contribution in [0, 0.1) is 6.92 Å². The van der Waals surface area contributed by atoms with Crippen LogP contribution in [0.1, 0.15) is 11.3 Å². The molecule has 4 aromatic rings. The topological polar surface area (TPSA) is 108 Å². The molecule has 9 heteroatoms. The number of nitrogens with zero attached hydrogens (tertiary/aromatic N) is 2. The van der Waals surface area contributed by atoms with Gasteiger partial charge in [-0.2, -0.15) is 0 Å². The molecule has 2 aromatic heterocycles. The SMILES string of the molecule is COc1ccc(-c2nc(CCNC(=O)Nc3ccc(Oc4ccc(C)cc4OC)nc3)co2)cc1. The van der Waals surface area contributed by atoms with E-state index < -0.39 is 0 Å². The molecule has 0 aliphatic carbocycles. The summed E-state index contributed by atoms with van der Waals surface area (Å²) in [4.78, 5) is 20.9. The first-order chi connectivity index (χ1) is 17.0. The van der Waals surface area contributed by atoms with Gasteiger partial charge in [-0.05, 0) is 55.0 Å². The second-order valence-electron chi connectivity index (χ2n) is 7.64. The van der Waals surface area contributed by atoms with Crippen molar-refractivity contribution in [1.29, 1.82) is 0 Å². The van der Waals surface area contributed by atoms with Crippen molar-refractivity contribution >= 4 is 11.7 Å². The molecule has 0 saturated heterocycles. The highest BCUT2D eigenvalue weighted by Gasteiger charge is 2.09.